The molecular weight excluding hydrogens is 306 g/mol. The number of carbonyl (C=O) groups excluding carboxylic acids is 1. The average molecular weight is 329 g/mol. The third-order valence-corrected chi connectivity index (χ3v) is 4.10. The number of aryl methyl sites for hydroxylation is 1. The van der Waals surface area contributed by atoms with Crippen LogP contribution in [0.2, 0.25) is 0 Å². The van der Waals surface area contributed by atoms with Crippen molar-refractivity contribution in [3.05, 3.63) is 47.5 Å². The molecule has 2 heterocycles. The standard InChI is InChI=1S/C17H23N5O2/c1-13-18-17(20-19-13)15-11-22(8-9-24-15)12-16(23)21(2)10-14-6-4-3-5-7-14/h3-7,15H,8-12H2,1-2H3,(H,18,19,20). The minimum absolute atomic E-state index is 0.102. The van der Waals surface area contributed by atoms with Crippen LogP contribution in [0.1, 0.15) is 23.3 Å². The van der Waals surface area contributed by atoms with E-state index in [0.717, 1.165) is 17.9 Å². The molecule has 1 atom stereocenters. The van der Waals surface area contributed by atoms with Gasteiger partial charge >= 0.3 is 0 Å². The lowest BCUT2D eigenvalue weighted by molar-refractivity contribution is -0.133. The van der Waals surface area contributed by atoms with Crippen molar-refractivity contribution in [3.63, 3.8) is 0 Å². The number of aromatic amines is 1. The topological polar surface area (TPSA) is 74.3 Å². The summed E-state index contributed by atoms with van der Waals surface area (Å²) in [7, 11) is 1.84. The average Bonchev–Trinajstić information content (AvgIpc) is 3.02. The first-order valence-electron chi connectivity index (χ1n) is 8.12. The van der Waals surface area contributed by atoms with Crippen LogP contribution in [0.5, 0.6) is 0 Å². The summed E-state index contributed by atoms with van der Waals surface area (Å²) in [5, 5.41) is 6.99. The summed E-state index contributed by atoms with van der Waals surface area (Å²) < 4.78 is 5.73. The van der Waals surface area contributed by atoms with E-state index in [1.54, 1.807) is 4.90 Å². The fraction of sp³-hybridized carbons (Fsp3) is 0.471. The maximum absolute atomic E-state index is 12.5. The highest BCUT2D eigenvalue weighted by molar-refractivity contribution is 5.78. The normalized spacial score (nSPS) is 18.5. The van der Waals surface area contributed by atoms with Crippen LogP contribution in [0.25, 0.3) is 0 Å². The van der Waals surface area contributed by atoms with Gasteiger partial charge in [0, 0.05) is 26.7 Å². The lowest BCUT2D eigenvalue weighted by Crippen LogP contribution is -2.44. The van der Waals surface area contributed by atoms with Crippen LogP contribution in [-0.4, -0.2) is 64.2 Å². The van der Waals surface area contributed by atoms with E-state index in [4.69, 9.17) is 4.74 Å². The molecule has 0 radical (unpaired) electrons. The smallest absolute Gasteiger partial charge is 0.236 e. The Labute approximate surface area is 141 Å². The highest BCUT2D eigenvalue weighted by Gasteiger charge is 2.26. The summed E-state index contributed by atoms with van der Waals surface area (Å²) in [6.45, 7) is 4.81. The highest BCUT2D eigenvalue weighted by Crippen LogP contribution is 2.19. The fourth-order valence-corrected chi connectivity index (χ4v) is 2.76. The van der Waals surface area contributed by atoms with Gasteiger partial charge in [-0.15, -0.1) is 0 Å². The molecule has 1 aromatic carbocycles. The molecule has 1 aliphatic rings. The van der Waals surface area contributed by atoms with Crippen LogP contribution in [0.15, 0.2) is 30.3 Å². The zero-order chi connectivity index (χ0) is 16.9. The zero-order valence-corrected chi connectivity index (χ0v) is 14.1. The second kappa shape index (κ2) is 7.55. The number of hydrogen-bond acceptors (Lipinski definition) is 5. The molecular formula is C17H23N5O2. The number of likely N-dealkylation sites (N-methyl/N-ethyl adjacent to an activating group) is 1. The maximum atomic E-state index is 12.5. The Morgan fingerprint density at radius 2 is 2.21 bits per heavy atom. The van der Waals surface area contributed by atoms with Crippen LogP contribution in [0.4, 0.5) is 0 Å². The Bertz CT molecular complexity index is 673. The second-order valence-electron chi connectivity index (χ2n) is 6.11. The predicted octanol–water partition coefficient (Wildman–Crippen LogP) is 1.15. The van der Waals surface area contributed by atoms with E-state index >= 15 is 0 Å². The Balaban J connectivity index is 1.53. The molecule has 0 aliphatic carbocycles. The molecule has 1 unspecified atom stereocenters. The van der Waals surface area contributed by atoms with Crippen molar-refractivity contribution in [2.45, 2.75) is 19.6 Å². The van der Waals surface area contributed by atoms with Gasteiger partial charge in [0.05, 0.1) is 13.2 Å². The SMILES string of the molecule is Cc1nc(C2CN(CC(=O)N(C)Cc3ccccc3)CCO2)n[nH]1. The minimum Gasteiger partial charge on any atom is -0.367 e. The number of benzene rings is 1. The number of amides is 1. The Hall–Kier alpha value is -2.25. The summed E-state index contributed by atoms with van der Waals surface area (Å²) in [6.07, 6.45) is -0.184. The van der Waals surface area contributed by atoms with Gasteiger partial charge in [-0.1, -0.05) is 30.3 Å². The summed E-state index contributed by atoms with van der Waals surface area (Å²) in [4.78, 5) is 20.7. The number of nitrogens with one attached hydrogen (secondary N) is 1. The van der Waals surface area contributed by atoms with E-state index in [1.807, 2.05) is 44.3 Å². The Morgan fingerprint density at radius 3 is 2.92 bits per heavy atom. The minimum atomic E-state index is -0.184. The van der Waals surface area contributed by atoms with Crippen molar-refractivity contribution in [1.82, 2.24) is 25.0 Å². The number of nitrogens with zero attached hydrogens (tertiary/aromatic N) is 4. The van der Waals surface area contributed by atoms with Crippen LogP contribution in [-0.2, 0) is 16.1 Å². The van der Waals surface area contributed by atoms with Gasteiger partial charge in [-0.3, -0.25) is 14.8 Å². The maximum Gasteiger partial charge on any atom is 0.236 e. The first-order valence-corrected chi connectivity index (χ1v) is 8.12. The third kappa shape index (κ3) is 4.18. The van der Waals surface area contributed by atoms with Gasteiger partial charge in [-0.2, -0.15) is 5.10 Å². The number of H-pyrrole nitrogens is 1. The van der Waals surface area contributed by atoms with Crippen LogP contribution in [0.3, 0.4) is 0 Å². The lowest BCUT2D eigenvalue weighted by Gasteiger charge is -2.32. The number of hydrogen-bond donors (Lipinski definition) is 1. The first kappa shape index (κ1) is 16.6. The van der Waals surface area contributed by atoms with Crippen molar-refractivity contribution in [2.75, 3.05) is 33.3 Å². The molecule has 1 N–H and O–H groups in total. The molecule has 0 saturated carbocycles. The van der Waals surface area contributed by atoms with Gasteiger partial charge in [-0.05, 0) is 12.5 Å². The van der Waals surface area contributed by atoms with Crippen molar-refractivity contribution in [1.29, 1.82) is 0 Å². The molecule has 7 heteroatoms. The largest absolute Gasteiger partial charge is 0.367 e. The number of rotatable bonds is 5. The van der Waals surface area contributed by atoms with Crippen molar-refractivity contribution >= 4 is 5.91 Å². The van der Waals surface area contributed by atoms with E-state index in [-0.39, 0.29) is 12.0 Å². The molecule has 7 nitrogen and oxygen atoms in total. The fourth-order valence-electron chi connectivity index (χ4n) is 2.76. The van der Waals surface area contributed by atoms with E-state index in [0.29, 0.717) is 32.1 Å². The number of morpholine rings is 1. The van der Waals surface area contributed by atoms with Crippen molar-refractivity contribution < 1.29 is 9.53 Å². The molecule has 1 fully saturated rings. The van der Waals surface area contributed by atoms with Gasteiger partial charge in [0.15, 0.2) is 5.82 Å². The summed E-state index contributed by atoms with van der Waals surface area (Å²) in [6, 6.07) is 10.0. The lowest BCUT2D eigenvalue weighted by atomic mass is 10.2. The molecule has 0 bridgehead atoms. The third-order valence-electron chi connectivity index (χ3n) is 4.10. The van der Waals surface area contributed by atoms with Crippen LogP contribution in [0, 0.1) is 6.92 Å². The summed E-state index contributed by atoms with van der Waals surface area (Å²) >= 11 is 0. The van der Waals surface area contributed by atoms with Crippen molar-refractivity contribution in [3.8, 4) is 0 Å². The van der Waals surface area contributed by atoms with Gasteiger partial charge in [0.1, 0.15) is 11.9 Å². The van der Waals surface area contributed by atoms with Gasteiger partial charge < -0.3 is 9.64 Å². The zero-order valence-electron chi connectivity index (χ0n) is 14.1. The Kier molecular flexibility index (Phi) is 5.22. The molecule has 128 valence electrons. The highest BCUT2D eigenvalue weighted by atomic mass is 16.5. The van der Waals surface area contributed by atoms with Crippen molar-refractivity contribution in [2.24, 2.45) is 0 Å². The molecule has 1 amide bonds. The second-order valence-corrected chi connectivity index (χ2v) is 6.11. The molecule has 1 saturated heterocycles. The molecule has 0 spiro atoms. The molecule has 2 aromatic rings. The summed E-state index contributed by atoms with van der Waals surface area (Å²) in [5.41, 5.74) is 1.13. The van der Waals surface area contributed by atoms with E-state index in [1.165, 1.54) is 0 Å². The van der Waals surface area contributed by atoms with Crippen LogP contribution < -0.4 is 0 Å². The molecule has 1 aliphatic heterocycles. The predicted molar refractivity (Wildman–Crippen MR) is 89.2 cm³/mol. The van der Waals surface area contributed by atoms with E-state index in [9.17, 15) is 4.79 Å². The monoisotopic (exact) mass is 329 g/mol. The number of carbonyl (C=O) groups is 1. The van der Waals surface area contributed by atoms with Gasteiger partial charge in [-0.25, -0.2) is 4.98 Å². The first-order chi connectivity index (χ1) is 11.6. The van der Waals surface area contributed by atoms with Gasteiger partial charge in [0.25, 0.3) is 0 Å². The van der Waals surface area contributed by atoms with Gasteiger partial charge in [0.2, 0.25) is 5.91 Å². The number of aromatic nitrogens is 3. The number of ether oxygens (including phenoxy) is 1. The molecule has 1 aromatic heterocycles. The Morgan fingerprint density at radius 1 is 1.42 bits per heavy atom. The molecule has 24 heavy (non-hydrogen) atoms. The van der Waals surface area contributed by atoms with E-state index < -0.39 is 0 Å². The quantitative estimate of drug-likeness (QED) is 0.890. The summed E-state index contributed by atoms with van der Waals surface area (Å²) in [5.74, 6) is 1.53. The van der Waals surface area contributed by atoms with Crippen LogP contribution >= 0.6 is 0 Å². The molecule has 3 rings (SSSR count). The van der Waals surface area contributed by atoms with E-state index in [2.05, 4.69) is 20.1 Å².